The van der Waals surface area contributed by atoms with Gasteiger partial charge in [-0.15, -0.1) is 5.10 Å². The lowest BCUT2D eigenvalue weighted by atomic mass is 10.1. The number of phenols is 2. The zero-order valence-corrected chi connectivity index (χ0v) is 18.5. The SMILES string of the molecule is Cc1ccc(CN(C)C(=O)c2cc(-c3nnc(O)n3-c3ccccc3C)c(O)cc2O)cc1. The number of carbonyl (C=O) groups is 1. The number of benzene rings is 3. The van der Waals surface area contributed by atoms with E-state index in [9.17, 15) is 20.1 Å². The number of hydrogen-bond donors (Lipinski definition) is 3. The van der Waals surface area contributed by atoms with Gasteiger partial charge in [0, 0.05) is 19.7 Å². The highest BCUT2D eigenvalue weighted by atomic mass is 16.3. The molecule has 0 radical (unpaired) electrons. The fraction of sp³-hybridized carbons (Fsp3) is 0.160. The molecule has 3 aromatic carbocycles. The third-order valence-corrected chi connectivity index (χ3v) is 5.47. The normalized spacial score (nSPS) is 10.9. The van der Waals surface area contributed by atoms with Gasteiger partial charge in [0.15, 0.2) is 5.82 Å². The fourth-order valence-electron chi connectivity index (χ4n) is 3.66. The van der Waals surface area contributed by atoms with Crippen LogP contribution in [0.5, 0.6) is 17.5 Å². The van der Waals surface area contributed by atoms with Gasteiger partial charge in [0.1, 0.15) is 11.5 Å². The number of carbonyl (C=O) groups excluding carboxylic acids is 1. The van der Waals surface area contributed by atoms with Crippen molar-refractivity contribution in [2.45, 2.75) is 20.4 Å². The molecule has 0 saturated heterocycles. The summed E-state index contributed by atoms with van der Waals surface area (Å²) >= 11 is 0. The number of aromatic nitrogens is 3. The zero-order valence-electron chi connectivity index (χ0n) is 18.5. The quantitative estimate of drug-likeness (QED) is 0.430. The van der Waals surface area contributed by atoms with E-state index in [-0.39, 0.29) is 34.5 Å². The third-order valence-electron chi connectivity index (χ3n) is 5.47. The van der Waals surface area contributed by atoms with E-state index in [0.29, 0.717) is 12.2 Å². The van der Waals surface area contributed by atoms with Crippen molar-refractivity contribution in [3.8, 4) is 34.6 Å². The second kappa shape index (κ2) is 8.66. The van der Waals surface area contributed by atoms with E-state index in [4.69, 9.17) is 0 Å². The Hall–Kier alpha value is -4.33. The van der Waals surface area contributed by atoms with Gasteiger partial charge in [-0.05, 0) is 37.1 Å². The van der Waals surface area contributed by atoms with Crippen molar-refractivity contribution >= 4 is 5.91 Å². The first-order valence-corrected chi connectivity index (χ1v) is 10.3. The minimum atomic E-state index is -0.430. The van der Waals surface area contributed by atoms with Crippen LogP contribution in [-0.4, -0.2) is 47.9 Å². The molecule has 4 rings (SSSR count). The minimum absolute atomic E-state index is 0.00349. The van der Waals surface area contributed by atoms with Crippen molar-refractivity contribution in [2.24, 2.45) is 0 Å². The predicted molar refractivity (Wildman–Crippen MR) is 124 cm³/mol. The van der Waals surface area contributed by atoms with Gasteiger partial charge < -0.3 is 20.2 Å². The minimum Gasteiger partial charge on any atom is -0.507 e. The lowest BCUT2D eigenvalue weighted by Crippen LogP contribution is -2.26. The number of nitrogens with zero attached hydrogens (tertiary/aromatic N) is 4. The molecule has 0 aliphatic rings. The van der Waals surface area contributed by atoms with Crippen LogP contribution in [0.25, 0.3) is 17.1 Å². The first-order valence-electron chi connectivity index (χ1n) is 10.3. The maximum atomic E-state index is 13.1. The van der Waals surface area contributed by atoms with Crippen molar-refractivity contribution in [3.05, 3.63) is 82.9 Å². The third kappa shape index (κ3) is 4.23. The van der Waals surface area contributed by atoms with Crippen LogP contribution in [0.3, 0.4) is 0 Å². The van der Waals surface area contributed by atoms with Crippen LogP contribution in [0.2, 0.25) is 0 Å². The van der Waals surface area contributed by atoms with E-state index in [1.54, 1.807) is 19.2 Å². The second-order valence-corrected chi connectivity index (χ2v) is 7.98. The van der Waals surface area contributed by atoms with Gasteiger partial charge in [-0.2, -0.15) is 0 Å². The van der Waals surface area contributed by atoms with Gasteiger partial charge in [0.25, 0.3) is 5.91 Å². The Labute approximate surface area is 191 Å². The molecule has 0 fully saturated rings. The molecular weight excluding hydrogens is 420 g/mol. The lowest BCUT2D eigenvalue weighted by molar-refractivity contribution is 0.0782. The molecule has 1 heterocycles. The lowest BCUT2D eigenvalue weighted by Gasteiger charge is -2.19. The summed E-state index contributed by atoms with van der Waals surface area (Å²) in [4.78, 5) is 14.6. The summed E-state index contributed by atoms with van der Waals surface area (Å²) in [7, 11) is 1.63. The average Bonchev–Trinajstić information content (AvgIpc) is 3.16. The molecule has 1 aromatic heterocycles. The molecule has 0 saturated carbocycles. The van der Waals surface area contributed by atoms with Gasteiger partial charge in [0.05, 0.1) is 16.8 Å². The van der Waals surface area contributed by atoms with Crippen LogP contribution in [-0.2, 0) is 6.54 Å². The van der Waals surface area contributed by atoms with Crippen LogP contribution in [0.1, 0.15) is 27.0 Å². The predicted octanol–water partition coefficient (Wildman–Crippen LogP) is 3.94. The summed E-state index contributed by atoms with van der Waals surface area (Å²) in [6.45, 7) is 4.20. The van der Waals surface area contributed by atoms with Gasteiger partial charge >= 0.3 is 6.01 Å². The van der Waals surface area contributed by atoms with Crippen LogP contribution in [0.15, 0.2) is 60.7 Å². The monoisotopic (exact) mass is 444 g/mol. The molecule has 4 aromatic rings. The summed E-state index contributed by atoms with van der Waals surface area (Å²) in [5, 5.41) is 39.1. The molecule has 33 heavy (non-hydrogen) atoms. The number of aryl methyl sites for hydroxylation is 2. The molecule has 0 unspecified atom stereocenters. The molecule has 0 atom stereocenters. The Bertz CT molecular complexity index is 1330. The fourth-order valence-corrected chi connectivity index (χ4v) is 3.66. The van der Waals surface area contributed by atoms with Crippen LogP contribution in [0, 0.1) is 13.8 Å². The Morgan fingerprint density at radius 2 is 1.64 bits per heavy atom. The molecule has 8 nitrogen and oxygen atoms in total. The Kier molecular flexibility index (Phi) is 5.74. The summed E-state index contributed by atoms with van der Waals surface area (Å²) in [5.74, 6) is -0.953. The van der Waals surface area contributed by atoms with Gasteiger partial charge in [-0.25, -0.2) is 4.57 Å². The number of hydrogen-bond acceptors (Lipinski definition) is 6. The highest BCUT2D eigenvalue weighted by molar-refractivity contribution is 5.98. The smallest absolute Gasteiger partial charge is 0.319 e. The number of para-hydroxylation sites is 1. The van der Waals surface area contributed by atoms with E-state index < -0.39 is 5.91 Å². The highest BCUT2D eigenvalue weighted by Crippen LogP contribution is 2.37. The molecular formula is C25H24N4O4. The van der Waals surface area contributed by atoms with Crippen molar-refractivity contribution in [1.29, 1.82) is 0 Å². The largest absolute Gasteiger partial charge is 0.507 e. The maximum absolute atomic E-state index is 13.1. The van der Waals surface area contributed by atoms with E-state index in [0.717, 1.165) is 22.8 Å². The first-order chi connectivity index (χ1) is 15.8. The Balaban J connectivity index is 1.74. The second-order valence-electron chi connectivity index (χ2n) is 7.98. The zero-order chi connectivity index (χ0) is 23.7. The molecule has 0 aliphatic carbocycles. The molecule has 1 amide bonds. The van der Waals surface area contributed by atoms with Crippen molar-refractivity contribution in [3.63, 3.8) is 0 Å². The van der Waals surface area contributed by atoms with Crippen molar-refractivity contribution in [1.82, 2.24) is 19.7 Å². The van der Waals surface area contributed by atoms with Crippen LogP contribution >= 0.6 is 0 Å². The average molecular weight is 444 g/mol. The van der Waals surface area contributed by atoms with E-state index in [1.807, 2.05) is 50.2 Å². The Morgan fingerprint density at radius 1 is 0.939 bits per heavy atom. The molecule has 3 N–H and O–H groups in total. The number of phenolic OH excluding ortho intramolecular Hbond substituents is 2. The van der Waals surface area contributed by atoms with Crippen molar-refractivity contribution < 1.29 is 20.1 Å². The maximum Gasteiger partial charge on any atom is 0.319 e. The molecule has 0 spiro atoms. The van der Waals surface area contributed by atoms with E-state index >= 15 is 0 Å². The van der Waals surface area contributed by atoms with E-state index in [2.05, 4.69) is 10.2 Å². The topological polar surface area (TPSA) is 112 Å². The molecule has 8 heteroatoms. The van der Waals surface area contributed by atoms with Crippen molar-refractivity contribution in [2.75, 3.05) is 7.05 Å². The standard InChI is InChI=1S/C25H24N4O4/c1-15-8-10-17(11-9-15)14-28(3)24(32)19-12-18(21(30)13-22(19)31)23-26-27-25(33)29(23)20-7-5-4-6-16(20)2/h4-13,30-31H,14H2,1-3H3,(H,27,33). The number of rotatable bonds is 5. The van der Waals surface area contributed by atoms with Gasteiger partial charge in [-0.3, -0.25) is 4.79 Å². The molecule has 0 bridgehead atoms. The summed E-state index contributed by atoms with van der Waals surface area (Å²) in [6, 6.07) is 17.2. The summed E-state index contributed by atoms with van der Waals surface area (Å²) in [5.41, 5.74) is 3.67. The summed E-state index contributed by atoms with van der Waals surface area (Å²) < 4.78 is 1.38. The number of amides is 1. The van der Waals surface area contributed by atoms with Gasteiger partial charge in [0.2, 0.25) is 0 Å². The number of aromatic hydroxyl groups is 3. The summed E-state index contributed by atoms with van der Waals surface area (Å²) in [6.07, 6.45) is 0. The molecule has 168 valence electrons. The first kappa shape index (κ1) is 21.9. The van der Waals surface area contributed by atoms with E-state index in [1.165, 1.54) is 15.5 Å². The van der Waals surface area contributed by atoms with Crippen LogP contribution < -0.4 is 0 Å². The molecule has 0 aliphatic heterocycles. The Morgan fingerprint density at radius 3 is 2.33 bits per heavy atom. The highest BCUT2D eigenvalue weighted by Gasteiger charge is 2.24. The van der Waals surface area contributed by atoms with Crippen LogP contribution in [0.4, 0.5) is 0 Å². The van der Waals surface area contributed by atoms with Gasteiger partial charge in [-0.1, -0.05) is 53.1 Å².